The van der Waals surface area contributed by atoms with Crippen molar-refractivity contribution in [3.8, 4) is 0 Å². The van der Waals surface area contributed by atoms with Crippen LogP contribution in [0.3, 0.4) is 0 Å². The maximum Gasteiger partial charge on any atom is 0.329 e. The molecule has 2 amide bonds. The largest absolute Gasteiger partial charge is 0.386 e. The summed E-state index contributed by atoms with van der Waals surface area (Å²) < 4.78 is 4.36. The Morgan fingerprint density at radius 2 is 1.81 bits per heavy atom. The number of thiazole rings is 1. The fraction of sp³-hybridized carbons (Fsp3) is 0.465. The number of para-hydroxylation sites is 1. The summed E-state index contributed by atoms with van der Waals surface area (Å²) in [5.41, 5.74) is 4.83. The highest BCUT2D eigenvalue weighted by Gasteiger charge is 2.45. The second kappa shape index (κ2) is 14.4. The Hall–Kier alpha value is -5.05. The molecule has 4 aliphatic rings. The van der Waals surface area contributed by atoms with Crippen LogP contribution in [0.1, 0.15) is 74.5 Å². The number of aromatic nitrogens is 4. The average molecular weight is 790 g/mol. The summed E-state index contributed by atoms with van der Waals surface area (Å²) in [6, 6.07) is 14.6. The monoisotopic (exact) mass is 789 g/mol. The van der Waals surface area contributed by atoms with Crippen LogP contribution in [0, 0.1) is 11.3 Å². The molecular weight excluding hydrogens is 739 g/mol. The molecule has 57 heavy (non-hydrogen) atoms. The number of imidazole rings is 1. The van der Waals surface area contributed by atoms with Gasteiger partial charge in [0.15, 0.2) is 5.13 Å². The van der Waals surface area contributed by atoms with Crippen LogP contribution in [-0.2, 0) is 17.4 Å². The Morgan fingerprint density at radius 1 is 1.04 bits per heavy atom. The van der Waals surface area contributed by atoms with E-state index in [1.54, 1.807) is 58.7 Å². The van der Waals surface area contributed by atoms with Gasteiger partial charge in [-0.05, 0) is 100 Å². The number of amides is 2. The molecule has 2 aromatic carbocycles. The van der Waals surface area contributed by atoms with E-state index in [0.717, 1.165) is 104 Å². The lowest BCUT2D eigenvalue weighted by Crippen LogP contribution is -2.61. The minimum Gasteiger partial charge on any atom is -0.386 e. The number of fused-ring (bicyclic) bond motifs is 2. The number of benzene rings is 2. The summed E-state index contributed by atoms with van der Waals surface area (Å²) in [6.07, 6.45) is 7.32. The number of nitrogens with one attached hydrogen (secondary N) is 2. The third kappa shape index (κ3) is 7.01. The van der Waals surface area contributed by atoms with Gasteiger partial charge in [-0.1, -0.05) is 30.0 Å². The number of hydrogen-bond acceptors (Lipinski definition) is 10. The van der Waals surface area contributed by atoms with E-state index in [2.05, 4.69) is 43.0 Å². The molecule has 4 aliphatic heterocycles. The van der Waals surface area contributed by atoms with Crippen molar-refractivity contribution in [1.29, 1.82) is 0 Å². The highest BCUT2D eigenvalue weighted by atomic mass is 32.1. The minimum absolute atomic E-state index is 0.155. The molecule has 1 atom stereocenters. The number of hydrogen-bond donors (Lipinski definition) is 3. The molecular formula is C43H51N9O4S. The second-order valence-corrected chi connectivity index (χ2v) is 18.2. The van der Waals surface area contributed by atoms with Crippen LogP contribution in [0.4, 0.5) is 16.5 Å². The van der Waals surface area contributed by atoms with Gasteiger partial charge in [-0.2, -0.15) is 0 Å². The summed E-state index contributed by atoms with van der Waals surface area (Å²) in [6.45, 7) is 14.6. The first kappa shape index (κ1) is 37.5. The van der Waals surface area contributed by atoms with E-state index < -0.39 is 11.6 Å². The number of rotatable bonds is 8. The van der Waals surface area contributed by atoms with Gasteiger partial charge in [0, 0.05) is 76.0 Å². The molecule has 13 nitrogen and oxygen atoms in total. The maximum atomic E-state index is 13.5. The van der Waals surface area contributed by atoms with Gasteiger partial charge in [-0.3, -0.25) is 23.7 Å². The third-order valence-corrected chi connectivity index (χ3v) is 13.8. The van der Waals surface area contributed by atoms with E-state index in [-0.39, 0.29) is 17.5 Å². The van der Waals surface area contributed by atoms with Crippen molar-refractivity contribution in [1.82, 2.24) is 29.3 Å². The summed E-state index contributed by atoms with van der Waals surface area (Å²) >= 11 is 1.63. The Balaban J connectivity index is 0.797. The van der Waals surface area contributed by atoms with Crippen LogP contribution < -0.4 is 26.1 Å². The van der Waals surface area contributed by atoms with Crippen LogP contribution in [0.2, 0.25) is 0 Å². The molecule has 7 heterocycles. The minimum atomic E-state index is -1.18. The standard InChI is InChI=1S/C43H51N9O4S/c1-27-11-12-35(39(54)45-27)52-34-10-7-9-33(37(34)48(4)41(52)55)50-20-15-43(16-21-50)25-49(26-43)24-28-13-18-51(19-14-28)40-47-32-22-29(42(2,3)56)31(23-36(32)57-40)46-38(53)30-8-5-6-17-44-30/h5-10,17,22-23,28,35,56H,1,11-16,18-21,24-26H2,2-4H3,(H,45,54)(H,46,53). The molecule has 0 radical (unpaired) electrons. The third-order valence-electron chi connectivity index (χ3n) is 12.7. The van der Waals surface area contributed by atoms with Crippen LogP contribution in [0.25, 0.3) is 21.3 Å². The predicted octanol–water partition coefficient (Wildman–Crippen LogP) is 5.61. The van der Waals surface area contributed by atoms with Crippen molar-refractivity contribution < 1.29 is 14.7 Å². The molecule has 3 aromatic heterocycles. The lowest BCUT2D eigenvalue weighted by molar-refractivity contribution is -0.124. The summed E-state index contributed by atoms with van der Waals surface area (Å²) in [7, 11) is 1.82. The normalized spacial score (nSPS) is 20.7. The van der Waals surface area contributed by atoms with Crippen molar-refractivity contribution in [2.24, 2.45) is 18.4 Å². The quantitative estimate of drug-likeness (QED) is 0.183. The molecule has 1 spiro atoms. The lowest BCUT2D eigenvalue weighted by Gasteiger charge is -2.55. The van der Waals surface area contributed by atoms with Gasteiger partial charge in [-0.25, -0.2) is 9.78 Å². The topological polar surface area (TPSA) is 141 Å². The Bertz CT molecular complexity index is 2420. The number of likely N-dealkylation sites (tertiary alicyclic amines) is 1. The Labute approximate surface area is 336 Å². The van der Waals surface area contributed by atoms with Gasteiger partial charge in [0.25, 0.3) is 5.91 Å². The van der Waals surface area contributed by atoms with E-state index in [0.29, 0.717) is 46.8 Å². The van der Waals surface area contributed by atoms with E-state index in [4.69, 9.17) is 4.98 Å². The van der Waals surface area contributed by atoms with E-state index in [9.17, 15) is 19.5 Å². The summed E-state index contributed by atoms with van der Waals surface area (Å²) in [5.74, 6) is 0.165. The molecule has 0 bridgehead atoms. The molecule has 5 aromatic rings. The molecule has 0 aliphatic carbocycles. The zero-order valence-electron chi connectivity index (χ0n) is 33.0. The number of carbonyl (C=O) groups excluding carboxylic acids is 2. The number of anilines is 3. The number of nitrogens with zero attached hydrogens (tertiary/aromatic N) is 7. The van der Waals surface area contributed by atoms with Gasteiger partial charge >= 0.3 is 5.69 Å². The molecule has 1 unspecified atom stereocenters. The fourth-order valence-corrected chi connectivity index (χ4v) is 10.7. The van der Waals surface area contributed by atoms with Crippen LogP contribution in [0.15, 0.2) is 71.8 Å². The molecule has 3 N–H and O–H groups in total. The molecule has 4 fully saturated rings. The van der Waals surface area contributed by atoms with Crippen molar-refractivity contribution in [3.05, 3.63) is 88.7 Å². The van der Waals surface area contributed by atoms with Crippen molar-refractivity contribution in [2.75, 3.05) is 60.9 Å². The van der Waals surface area contributed by atoms with E-state index in [1.165, 1.54) is 0 Å². The van der Waals surface area contributed by atoms with E-state index in [1.807, 2.05) is 31.3 Å². The van der Waals surface area contributed by atoms with Gasteiger partial charge in [0.05, 0.1) is 32.5 Å². The predicted molar refractivity (Wildman–Crippen MR) is 225 cm³/mol. The van der Waals surface area contributed by atoms with Gasteiger partial charge in [-0.15, -0.1) is 0 Å². The number of allylic oxidation sites excluding steroid dienone is 1. The fourth-order valence-electron chi connectivity index (χ4n) is 9.61. The van der Waals surface area contributed by atoms with Crippen molar-refractivity contribution >= 4 is 60.9 Å². The molecule has 9 rings (SSSR count). The number of aryl methyl sites for hydroxylation is 1. The van der Waals surface area contributed by atoms with Crippen LogP contribution >= 0.6 is 11.3 Å². The number of carbonyl (C=O) groups is 2. The number of pyridine rings is 1. The first-order valence-corrected chi connectivity index (χ1v) is 21.0. The average Bonchev–Trinajstić information content (AvgIpc) is 3.72. The molecule has 4 saturated heterocycles. The Morgan fingerprint density at radius 3 is 2.51 bits per heavy atom. The number of aliphatic hydroxyl groups is 1. The van der Waals surface area contributed by atoms with Crippen molar-refractivity contribution in [2.45, 2.75) is 64.0 Å². The van der Waals surface area contributed by atoms with E-state index >= 15 is 0 Å². The zero-order chi connectivity index (χ0) is 39.6. The first-order chi connectivity index (χ1) is 27.4. The number of piperidine rings is 3. The smallest absolute Gasteiger partial charge is 0.329 e. The van der Waals surface area contributed by atoms with Crippen LogP contribution in [-0.4, -0.2) is 86.7 Å². The van der Waals surface area contributed by atoms with Gasteiger partial charge in [0.2, 0.25) is 5.91 Å². The first-order valence-electron chi connectivity index (χ1n) is 20.2. The maximum absolute atomic E-state index is 13.5. The lowest BCUT2D eigenvalue weighted by atomic mass is 9.71. The van der Waals surface area contributed by atoms with Crippen molar-refractivity contribution in [3.63, 3.8) is 0 Å². The van der Waals surface area contributed by atoms with Gasteiger partial charge in [0.1, 0.15) is 11.7 Å². The highest BCUT2D eigenvalue weighted by Crippen LogP contribution is 2.44. The SMILES string of the molecule is C=C1CCC(n2c(=O)n(C)c3c(N4CCC5(CC4)CN(CC4CCN(c6nc7cc(C(C)(C)O)c(NC(=O)c8ccccn8)cc7s6)CC4)C5)cccc32)C(=O)N1. The molecule has 298 valence electrons. The summed E-state index contributed by atoms with van der Waals surface area (Å²) in [4.78, 5) is 56.0. The van der Waals surface area contributed by atoms with Crippen LogP contribution in [0.5, 0.6) is 0 Å². The summed E-state index contributed by atoms with van der Waals surface area (Å²) in [5, 5.41) is 17.8. The zero-order valence-corrected chi connectivity index (χ0v) is 33.8. The molecule has 14 heteroatoms. The Kier molecular flexibility index (Phi) is 9.48. The second-order valence-electron chi connectivity index (χ2n) is 17.2. The van der Waals surface area contributed by atoms with Gasteiger partial charge < -0.3 is 30.4 Å². The molecule has 0 saturated carbocycles. The highest BCUT2D eigenvalue weighted by molar-refractivity contribution is 7.22.